The molecule has 1 saturated heterocycles. The Morgan fingerprint density at radius 2 is 2.33 bits per heavy atom. The van der Waals surface area contributed by atoms with Crippen LogP contribution in [0.2, 0.25) is 0 Å². The van der Waals surface area contributed by atoms with Crippen molar-refractivity contribution in [2.24, 2.45) is 5.92 Å². The molecule has 0 bridgehead atoms. The minimum atomic E-state index is 0.200. The maximum absolute atomic E-state index is 11.7. The number of nitrogens with zero attached hydrogens (tertiary/aromatic N) is 2. The summed E-state index contributed by atoms with van der Waals surface area (Å²) in [4.78, 5) is 13.6. The van der Waals surface area contributed by atoms with E-state index in [4.69, 9.17) is 10.00 Å². The Balaban J connectivity index is 2.15. The van der Waals surface area contributed by atoms with E-state index in [1.54, 1.807) is 13.2 Å². The van der Waals surface area contributed by atoms with Crippen molar-refractivity contribution in [3.05, 3.63) is 29.3 Å². The topological polar surface area (TPSA) is 53.3 Å². The summed E-state index contributed by atoms with van der Waals surface area (Å²) in [7, 11) is 1.54. The lowest BCUT2D eigenvalue weighted by Crippen LogP contribution is -2.24. The fraction of sp³-hybridized carbons (Fsp3) is 0.429. The van der Waals surface area contributed by atoms with Crippen LogP contribution in [0.1, 0.15) is 24.5 Å². The minimum Gasteiger partial charge on any atom is -0.495 e. The predicted octanol–water partition coefficient (Wildman–Crippen LogP) is 1.94. The minimum absolute atomic E-state index is 0.200. The molecule has 1 unspecified atom stereocenters. The van der Waals surface area contributed by atoms with Crippen LogP contribution in [0.15, 0.2) is 18.2 Å². The number of nitriles is 1. The number of carbonyl (C=O) groups is 1. The zero-order valence-corrected chi connectivity index (χ0v) is 10.6. The van der Waals surface area contributed by atoms with E-state index in [0.717, 1.165) is 12.1 Å². The van der Waals surface area contributed by atoms with Crippen LogP contribution in [0.4, 0.5) is 0 Å². The molecule has 1 amide bonds. The van der Waals surface area contributed by atoms with Crippen molar-refractivity contribution in [3.8, 4) is 11.8 Å². The number of hydrogen-bond acceptors (Lipinski definition) is 3. The van der Waals surface area contributed by atoms with Gasteiger partial charge < -0.3 is 9.64 Å². The largest absolute Gasteiger partial charge is 0.495 e. The van der Waals surface area contributed by atoms with Gasteiger partial charge in [0.15, 0.2) is 0 Å². The first kappa shape index (κ1) is 12.4. The van der Waals surface area contributed by atoms with Crippen molar-refractivity contribution < 1.29 is 9.53 Å². The van der Waals surface area contributed by atoms with Gasteiger partial charge in [-0.15, -0.1) is 0 Å². The van der Waals surface area contributed by atoms with E-state index in [2.05, 4.69) is 13.0 Å². The molecule has 1 aliphatic rings. The number of benzene rings is 1. The predicted molar refractivity (Wildman–Crippen MR) is 66.9 cm³/mol. The van der Waals surface area contributed by atoms with Gasteiger partial charge in [-0.25, -0.2) is 0 Å². The summed E-state index contributed by atoms with van der Waals surface area (Å²) in [5.41, 5.74) is 1.51. The number of methoxy groups -OCH3 is 1. The molecule has 1 fully saturated rings. The summed E-state index contributed by atoms with van der Waals surface area (Å²) in [6.45, 7) is 3.48. The van der Waals surface area contributed by atoms with E-state index in [1.807, 2.05) is 17.0 Å². The van der Waals surface area contributed by atoms with E-state index < -0.39 is 0 Å². The highest BCUT2D eigenvalue weighted by Gasteiger charge is 2.26. The number of amides is 1. The molecule has 4 heteroatoms. The van der Waals surface area contributed by atoms with Crippen LogP contribution in [0, 0.1) is 17.2 Å². The number of rotatable bonds is 3. The van der Waals surface area contributed by atoms with E-state index in [-0.39, 0.29) is 5.91 Å². The van der Waals surface area contributed by atoms with Gasteiger partial charge in [0.05, 0.1) is 12.7 Å². The van der Waals surface area contributed by atoms with Gasteiger partial charge in [0, 0.05) is 19.5 Å². The van der Waals surface area contributed by atoms with Gasteiger partial charge in [-0.2, -0.15) is 5.26 Å². The zero-order valence-electron chi connectivity index (χ0n) is 10.6. The normalized spacial score (nSPS) is 18.8. The van der Waals surface area contributed by atoms with Crippen LogP contribution in [-0.4, -0.2) is 24.5 Å². The molecule has 0 aromatic heterocycles. The number of hydrogen-bond donors (Lipinski definition) is 0. The van der Waals surface area contributed by atoms with Crippen LogP contribution in [0.5, 0.6) is 5.75 Å². The highest BCUT2D eigenvalue weighted by atomic mass is 16.5. The summed E-state index contributed by atoms with van der Waals surface area (Å²) in [6, 6.07) is 7.51. The molecule has 1 aromatic rings. The van der Waals surface area contributed by atoms with Gasteiger partial charge in [0.25, 0.3) is 0 Å². The Morgan fingerprint density at radius 1 is 1.56 bits per heavy atom. The number of ether oxygens (including phenoxy) is 1. The summed E-state index contributed by atoms with van der Waals surface area (Å²) in [5.74, 6) is 1.19. The molecular formula is C14H16N2O2. The van der Waals surface area contributed by atoms with E-state index in [9.17, 15) is 4.79 Å². The molecule has 18 heavy (non-hydrogen) atoms. The standard InChI is InChI=1S/C14H16N2O2/c1-10-5-14(17)16(8-10)9-11-3-4-12(7-15)13(6-11)18-2/h3-4,6,10H,5,8-9H2,1-2H3. The molecular weight excluding hydrogens is 228 g/mol. The SMILES string of the molecule is COc1cc(CN2CC(C)CC2=O)ccc1C#N. The van der Waals surface area contributed by atoms with E-state index >= 15 is 0 Å². The molecule has 4 nitrogen and oxygen atoms in total. The summed E-state index contributed by atoms with van der Waals surface area (Å²) >= 11 is 0. The van der Waals surface area contributed by atoms with E-state index in [0.29, 0.717) is 30.2 Å². The smallest absolute Gasteiger partial charge is 0.223 e. The average molecular weight is 244 g/mol. The number of carbonyl (C=O) groups excluding carboxylic acids is 1. The molecule has 1 aliphatic heterocycles. The Kier molecular flexibility index (Phi) is 3.52. The zero-order chi connectivity index (χ0) is 13.1. The van der Waals surface area contributed by atoms with Gasteiger partial charge in [-0.1, -0.05) is 13.0 Å². The third-order valence-corrected chi connectivity index (χ3v) is 3.17. The lowest BCUT2D eigenvalue weighted by Gasteiger charge is -2.16. The molecule has 0 saturated carbocycles. The van der Waals surface area contributed by atoms with Gasteiger partial charge in [0.1, 0.15) is 11.8 Å². The van der Waals surface area contributed by atoms with Crippen molar-refractivity contribution in [3.63, 3.8) is 0 Å². The Morgan fingerprint density at radius 3 is 2.89 bits per heavy atom. The monoisotopic (exact) mass is 244 g/mol. The molecule has 1 heterocycles. The highest BCUT2D eigenvalue weighted by Crippen LogP contribution is 2.23. The maximum Gasteiger partial charge on any atom is 0.223 e. The van der Waals surface area contributed by atoms with Gasteiger partial charge in [-0.3, -0.25) is 4.79 Å². The second-order valence-corrected chi connectivity index (χ2v) is 4.73. The van der Waals surface area contributed by atoms with Crippen LogP contribution < -0.4 is 4.74 Å². The van der Waals surface area contributed by atoms with Crippen LogP contribution in [0.3, 0.4) is 0 Å². The first-order valence-corrected chi connectivity index (χ1v) is 5.99. The third kappa shape index (κ3) is 2.45. The molecule has 0 spiro atoms. The summed E-state index contributed by atoms with van der Waals surface area (Å²) in [5, 5.41) is 8.91. The Hall–Kier alpha value is -2.02. The molecule has 1 aromatic carbocycles. The lowest BCUT2D eigenvalue weighted by atomic mass is 10.1. The molecule has 0 N–H and O–H groups in total. The molecule has 94 valence electrons. The molecule has 1 atom stereocenters. The Bertz CT molecular complexity index is 505. The van der Waals surface area contributed by atoms with Crippen molar-refractivity contribution in [2.45, 2.75) is 19.9 Å². The summed E-state index contributed by atoms with van der Waals surface area (Å²) < 4.78 is 5.16. The lowest BCUT2D eigenvalue weighted by molar-refractivity contribution is -0.128. The van der Waals surface area contributed by atoms with Crippen molar-refractivity contribution in [1.82, 2.24) is 4.90 Å². The Labute approximate surface area is 107 Å². The van der Waals surface area contributed by atoms with Crippen LogP contribution >= 0.6 is 0 Å². The first-order valence-electron chi connectivity index (χ1n) is 5.99. The fourth-order valence-electron chi connectivity index (χ4n) is 2.27. The molecule has 0 radical (unpaired) electrons. The van der Waals surface area contributed by atoms with Crippen molar-refractivity contribution in [2.75, 3.05) is 13.7 Å². The maximum atomic E-state index is 11.7. The van der Waals surface area contributed by atoms with Gasteiger partial charge >= 0.3 is 0 Å². The number of likely N-dealkylation sites (tertiary alicyclic amines) is 1. The van der Waals surface area contributed by atoms with Gasteiger partial charge in [-0.05, 0) is 23.6 Å². The van der Waals surface area contributed by atoms with Crippen LogP contribution in [-0.2, 0) is 11.3 Å². The molecule has 0 aliphatic carbocycles. The first-order chi connectivity index (χ1) is 8.63. The van der Waals surface area contributed by atoms with E-state index in [1.165, 1.54) is 0 Å². The summed E-state index contributed by atoms with van der Waals surface area (Å²) in [6.07, 6.45) is 0.632. The fourth-order valence-corrected chi connectivity index (χ4v) is 2.27. The quantitative estimate of drug-likeness (QED) is 0.816. The van der Waals surface area contributed by atoms with Gasteiger partial charge in [0.2, 0.25) is 5.91 Å². The van der Waals surface area contributed by atoms with Crippen LogP contribution in [0.25, 0.3) is 0 Å². The average Bonchev–Trinajstić information content (AvgIpc) is 2.67. The second kappa shape index (κ2) is 5.09. The second-order valence-electron chi connectivity index (χ2n) is 4.73. The highest BCUT2D eigenvalue weighted by molar-refractivity contribution is 5.78. The molecule has 2 rings (SSSR count). The third-order valence-electron chi connectivity index (χ3n) is 3.17. The van der Waals surface area contributed by atoms with Crippen molar-refractivity contribution >= 4 is 5.91 Å². The van der Waals surface area contributed by atoms with Crippen molar-refractivity contribution in [1.29, 1.82) is 5.26 Å².